The number of hydrogen-bond acceptors (Lipinski definition) is 15. The second-order valence-electron chi connectivity index (χ2n) is 12.2. The molecule has 0 fully saturated rings. The minimum Gasteiger partial charge on any atom is -0.496 e. The van der Waals surface area contributed by atoms with E-state index in [9.17, 15) is 4.79 Å². The van der Waals surface area contributed by atoms with Crippen molar-refractivity contribution >= 4 is 39.3 Å². The molecule has 9 N–H and O–H groups in total. The van der Waals surface area contributed by atoms with Crippen LogP contribution in [0.4, 0.5) is 11.4 Å². The van der Waals surface area contributed by atoms with Gasteiger partial charge in [0.05, 0.1) is 86.0 Å². The fourth-order valence-corrected chi connectivity index (χ4v) is 7.65. The van der Waals surface area contributed by atoms with Crippen molar-refractivity contribution in [1.29, 1.82) is 0 Å². The SMILES string of the molecule is COc1cc(OC)c(C=CC(c2ccc(OC)c(N)c2)S(=O)(=O)C(C=Cc2c(OC)cc(OC)cc2OC)c2ccc(OC)c(N)c2)c(OC)c1.NC(=O)[C@@H](N)CO. The van der Waals surface area contributed by atoms with Gasteiger partial charge in [-0.25, -0.2) is 8.42 Å². The van der Waals surface area contributed by atoms with Gasteiger partial charge in [0.2, 0.25) is 5.91 Å². The fraction of sp³-hybridized carbons (Fsp3) is 0.293. The van der Waals surface area contributed by atoms with Gasteiger partial charge in [-0.1, -0.05) is 24.3 Å². The van der Waals surface area contributed by atoms with E-state index >= 15 is 8.42 Å². The van der Waals surface area contributed by atoms with Crippen LogP contribution in [0.15, 0.2) is 72.8 Å². The van der Waals surface area contributed by atoms with E-state index in [0.717, 1.165) is 0 Å². The number of ether oxygens (including phenoxy) is 8. The molecule has 0 aliphatic carbocycles. The van der Waals surface area contributed by atoms with Gasteiger partial charge in [0.1, 0.15) is 62.5 Å². The summed E-state index contributed by atoms with van der Waals surface area (Å²) in [4.78, 5) is 9.87. The number of carbonyl (C=O) groups is 1. The number of rotatable bonds is 18. The molecular formula is C41H52N4O12S. The Bertz CT molecular complexity index is 2010. The van der Waals surface area contributed by atoms with Gasteiger partial charge in [-0.3, -0.25) is 4.79 Å². The van der Waals surface area contributed by atoms with E-state index in [1.165, 1.54) is 56.9 Å². The Morgan fingerprint density at radius 3 is 1.14 bits per heavy atom. The molecule has 4 aromatic rings. The Morgan fingerprint density at radius 1 is 0.586 bits per heavy atom. The highest BCUT2D eigenvalue weighted by molar-refractivity contribution is 7.92. The summed E-state index contributed by atoms with van der Waals surface area (Å²) in [5.74, 6) is 2.75. The third-order valence-corrected chi connectivity index (χ3v) is 11.1. The van der Waals surface area contributed by atoms with Crippen LogP contribution in [0.2, 0.25) is 0 Å². The van der Waals surface area contributed by atoms with Gasteiger partial charge in [0.25, 0.3) is 0 Å². The van der Waals surface area contributed by atoms with E-state index in [1.54, 1.807) is 85.0 Å². The summed E-state index contributed by atoms with van der Waals surface area (Å²) in [6.07, 6.45) is 6.40. The molecular weight excluding hydrogens is 773 g/mol. The number of nitrogens with two attached hydrogens (primary N) is 4. The molecule has 0 bridgehead atoms. The Kier molecular flexibility index (Phi) is 16.9. The first-order valence-electron chi connectivity index (χ1n) is 17.4. The van der Waals surface area contributed by atoms with E-state index in [-0.39, 0.29) is 18.0 Å². The highest BCUT2D eigenvalue weighted by Gasteiger charge is 2.35. The van der Waals surface area contributed by atoms with Crippen LogP contribution in [-0.2, 0) is 14.6 Å². The highest BCUT2D eigenvalue weighted by atomic mass is 32.2. The molecule has 58 heavy (non-hydrogen) atoms. The number of sulfone groups is 1. The molecule has 0 radical (unpaired) electrons. The molecule has 1 amide bonds. The lowest BCUT2D eigenvalue weighted by molar-refractivity contribution is -0.120. The number of aliphatic hydroxyl groups excluding tert-OH is 1. The summed E-state index contributed by atoms with van der Waals surface area (Å²) < 4.78 is 74.5. The summed E-state index contributed by atoms with van der Waals surface area (Å²) >= 11 is 0. The lowest BCUT2D eigenvalue weighted by atomic mass is 10.1. The number of aliphatic hydroxyl groups is 1. The van der Waals surface area contributed by atoms with Gasteiger partial charge in [-0.15, -0.1) is 0 Å². The van der Waals surface area contributed by atoms with Gasteiger partial charge in [-0.05, 0) is 47.5 Å². The van der Waals surface area contributed by atoms with Crippen LogP contribution in [0.25, 0.3) is 12.2 Å². The molecule has 16 nitrogen and oxygen atoms in total. The predicted molar refractivity (Wildman–Crippen MR) is 224 cm³/mol. The summed E-state index contributed by atoms with van der Waals surface area (Å²) in [5, 5.41) is 5.55. The second kappa shape index (κ2) is 21.3. The molecule has 0 aromatic heterocycles. The maximum Gasteiger partial charge on any atom is 0.236 e. The van der Waals surface area contributed by atoms with E-state index < -0.39 is 32.3 Å². The quantitative estimate of drug-likeness (QED) is 0.0876. The lowest BCUT2D eigenvalue weighted by Crippen LogP contribution is -2.39. The Hall–Kier alpha value is -6.30. The number of hydrogen-bond donors (Lipinski definition) is 5. The topological polar surface area (TPSA) is 249 Å². The lowest BCUT2D eigenvalue weighted by Gasteiger charge is -2.23. The van der Waals surface area contributed by atoms with Crippen LogP contribution >= 0.6 is 0 Å². The zero-order chi connectivity index (χ0) is 43.2. The van der Waals surface area contributed by atoms with Crippen LogP contribution in [-0.4, -0.2) is 89.0 Å². The number of primary amides is 1. The van der Waals surface area contributed by atoms with Crippen LogP contribution in [0.1, 0.15) is 32.8 Å². The van der Waals surface area contributed by atoms with Crippen molar-refractivity contribution in [2.24, 2.45) is 11.5 Å². The number of benzene rings is 4. The fourth-order valence-electron chi connectivity index (χ4n) is 5.69. The molecule has 0 spiro atoms. The first kappa shape index (κ1) is 46.1. The molecule has 0 saturated heterocycles. The van der Waals surface area contributed by atoms with Crippen molar-refractivity contribution < 1.29 is 56.2 Å². The smallest absolute Gasteiger partial charge is 0.236 e. The van der Waals surface area contributed by atoms with Crippen molar-refractivity contribution in [3.8, 4) is 46.0 Å². The average Bonchev–Trinajstić information content (AvgIpc) is 3.23. The zero-order valence-corrected chi connectivity index (χ0v) is 34.5. The van der Waals surface area contributed by atoms with Gasteiger partial charge >= 0.3 is 0 Å². The van der Waals surface area contributed by atoms with Crippen molar-refractivity contribution in [3.63, 3.8) is 0 Å². The van der Waals surface area contributed by atoms with Crippen molar-refractivity contribution in [2.75, 3.05) is 75.0 Å². The van der Waals surface area contributed by atoms with Gasteiger partial charge < -0.3 is 65.9 Å². The molecule has 4 rings (SSSR count). The number of amides is 1. The normalized spacial score (nSPS) is 12.8. The monoisotopic (exact) mass is 824 g/mol. The highest BCUT2D eigenvalue weighted by Crippen LogP contribution is 2.43. The Labute approximate surface area is 338 Å². The molecule has 4 aromatic carbocycles. The van der Waals surface area contributed by atoms with E-state index in [1.807, 2.05) is 0 Å². The van der Waals surface area contributed by atoms with Crippen molar-refractivity contribution in [2.45, 2.75) is 16.5 Å². The largest absolute Gasteiger partial charge is 0.496 e. The minimum absolute atomic E-state index is 0.261. The maximum atomic E-state index is 15.2. The number of nitrogen functional groups attached to an aromatic ring is 2. The third-order valence-electron chi connectivity index (χ3n) is 8.82. The van der Waals surface area contributed by atoms with Gasteiger partial charge in [0.15, 0.2) is 9.84 Å². The second-order valence-corrected chi connectivity index (χ2v) is 14.4. The number of anilines is 2. The molecule has 0 heterocycles. The Balaban J connectivity index is 0.00000117. The van der Waals surface area contributed by atoms with Crippen molar-refractivity contribution in [1.82, 2.24) is 0 Å². The van der Waals surface area contributed by atoms with Crippen LogP contribution in [0, 0.1) is 0 Å². The van der Waals surface area contributed by atoms with Crippen LogP contribution in [0.5, 0.6) is 46.0 Å². The van der Waals surface area contributed by atoms with Gasteiger partial charge in [-0.2, -0.15) is 0 Å². The van der Waals surface area contributed by atoms with E-state index in [2.05, 4.69) is 5.73 Å². The standard InChI is InChI=1S/C38H44N2O10S.C3H8N2O2/c1-43-25-19-33(47-5)27(34(20-25)48-6)11-15-37(23-9-13-31(45-3)29(39)17-23)51(41,42)38(24-10-14-32(46-4)30(40)18-24)16-12-28-35(49-7)21-26(44-2)22-36(28)50-8;4-2(1-6)3(5)7/h9-22,37-38H,39-40H2,1-8H3;2,6H,1,4H2,(H2,5,7)/t;2-/m.0/s1. The molecule has 3 atom stereocenters. The summed E-state index contributed by atoms with van der Waals surface area (Å²) in [6.45, 7) is -0.380. The summed E-state index contributed by atoms with van der Waals surface area (Å²) in [6, 6.07) is 15.5. The van der Waals surface area contributed by atoms with Crippen LogP contribution < -0.4 is 60.8 Å². The van der Waals surface area contributed by atoms with E-state index in [4.69, 9.17) is 60.2 Å². The predicted octanol–water partition coefficient (Wildman–Crippen LogP) is 4.34. The van der Waals surface area contributed by atoms with E-state index in [0.29, 0.717) is 68.2 Å². The van der Waals surface area contributed by atoms with Gasteiger partial charge in [0, 0.05) is 24.3 Å². The Morgan fingerprint density at radius 2 is 0.914 bits per heavy atom. The first-order chi connectivity index (χ1) is 27.7. The number of carbonyl (C=O) groups excluding carboxylic acids is 1. The number of methoxy groups -OCH3 is 8. The third kappa shape index (κ3) is 11.0. The minimum atomic E-state index is -4.27. The maximum absolute atomic E-state index is 15.2. The van der Waals surface area contributed by atoms with Crippen molar-refractivity contribution in [3.05, 3.63) is 95.1 Å². The van der Waals surface area contributed by atoms with Crippen LogP contribution in [0.3, 0.4) is 0 Å². The molecule has 0 aliphatic rings. The average molecular weight is 825 g/mol. The molecule has 17 heteroatoms. The molecule has 2 unspecified atom stereocenters. The zero-order valence-electron chi connectivity index (χ0n) is 33.7. The first-order valence-corrected chi connectivity index (χ1v) is 19.0. The summed E-state index contributed by atoms with van der Waals surface area (Å²) in [7, 11) is 7.76. The summed E-state index contributed by atoms with van der Waals surface area (Å²) in [5.41, 5.74) is 24.4. The molecule has 314 valence electrons. The molecule has 0 saturated carbocycles. The molecule has 0 aliphatic heterocycles.